The van der Waals surface area contributed by atoms with Crippen molar-refractivity contribution in [1.29, 1.82) is 0 Å². The lowest BCUT2D eigenvalue weighted by molar-refractivity contribution is -0.161. The first-order valence-corrected chi connectivity index (χ1v) is 44.4. The van der Waals surface area contributed by atoms with E-state index in [4.69, 9.17) is 37.0 Å². The highest BCUT2D eigenvalue weighted by atomic mass is 31.2. The summed E-state index contributed by atoms with van der Waals surface area (Å²) in [5, 5.41) is 10.6. The van der Waals surface area contributed by atoms with E-state index in [2.05, 4.69) is 48.5 Å². The molecule has 0 amide bonds. The fraction of sp³-hybridized carbons (Fsp3) is 0.950. The van der Waals surface area contributed by atoms with E-state index in [9.17, 15) is 43.2 Å². The summed E-state index contributed by atoms with van der Waals surface area (Å²) in [7, 11) is -9.92. The van der Waals surface area contributed by atoms with Crippen LogP contribution in [0.2, 0.25) is 0 Å². The predicted octanol–water partition coefficient (Wildman–Crippen LogP) is 23.7. The molecule has 0 aliphatic rings. The molecule has 0 heterocycles. The lowest BCUT2D eigenvalue weighted by Crippen LogP contribution is -2.30. The summed E-state index contributed by atoms with van der Waals surface area (Å²) in [5.41, 5.74) is 0. The zero-order valence-electron chi connectivity index (χ0n) is 65.0. The first-order valence-electron chi connectivity index (χ1n) is 41.4. The maximum Gasteiger partial charge on any atom is 0.472 e. The molecule has 3 N–H and O–H groups in total. The Morgan fingerprint density at radius 1 is 0.293 bits per heavy atom. The average Bonchev–Trinajstić information content (AvgIpc) is 0.974. The van der Waals surface area contributed by atoms with E-state index in [1.807, 2.05) is 0 Å². The zero-order valence-corrected chi connectivity index (χ0v) is 66.8. The summed E-state index contributed by atoms with van der Waals surface area (Å²) >= 11 is 0. The van der Waals surface area contributed by atoms with E-state index in [-0.39, 0.29) is 25.7 Å². The number of aliphatic hydroxyl groups is 1. The van der Waals surface area contributed by atoms with Crippen molar-refractivity contribution in [2.45, 2.75) is 433 Å². The van der Waals surface area contributed by atoms with Crippen LogP contribution in [0.25, 0.3) is 0 Å². The molecule has 7 atom stereocenters. The third-order valence-corrected chi connectivity index (χ3v) is 21.3. The molecule has 19 heteroatoms. The zero-order chi connectivity index (χ0) is 73.0. The Bertz CT molecular complexity index is 1930. The Kier molecular flexibility index (Phi) is 69.0. The number of phosphoric acid groups is 2. The van der Waals surface area contributed by atoms with Gasteiger partial charge in [0, 0.05) is 25.7 Å². The van der Waals surface area contributed by atoms with Gasteiger partial charge in [0.2, 0.25) is 0 Å². The lowest BCUT2D eigenvalue weighted by Gasteiger charge is -2.21. The van der Waals surface area contributed by atoms with Crippen LogP contribution in [0.3, 0.4) is 0 Å². The molecule has 0 aromatic rings. The average molecular weight is 1450 g/mol. The third-order valence-electron chi connectivity index (χ3n) is 19.4. The van der Waals surface area contributed by atoms with Gasteiger partial charge < -0.3 is 33.8 Å². The van der Waals surface area contributed by atoms with Crippen LogP contribution < -0.4 is 0 Å². The molecule has 0 aliphatic carbocycles. The van der Waals surface area contributed by atoms with Gasteiger partial charge >= 0.3 is 39.5 Å². The minimum atomic E-state index is -4.96. The highest BCUT2D eigenvalue weighted by Gasteiger charge is 2.30. The van der Waals surface area contributed by atoms with Crippen molar-refractivity contribution in [3.8, 4) is 0 Å². The van der Waals surface area contributed by atoms with Crippen LogP contribution in [0, 0.1) is 17.8 Å². The van der Waals surface area contributed by atoms with Crippen molar-refractivity contribution < 1.29 is 80.2 Å². The molecule has 588 valence electrons. The van der Waals surface area contributed by atoms with Crippen LogP contribution in [0.15, 0.2) is 0 Å². The number of phosphoric ester groups is 2. The number of hydrogen-bond donors (Lipinski definition) is 3. The standard InChI is InChI=1S/C80H156O17P2/c1-8-11-12-13-14-15-16-17-18-19-20-21-22-23-26-30-33-36-39-49-56-63-79(84)96-75(67-90-77(82)61-54-47-38-35-32-29-27-24-25-28-31-34-37-44-51-58-71(4)5)69-94-98(86,87)92-65-74(81)66-93-99(88,89)95-70-76(97-80(85)64-57-50-43-41-46-53-60-73(7)10-3)68-91-78(83)62-55-48-42-40-45-52-59-72(6)9-2/h71-76,81H,8-70H2,1-7H3,(H,86,87)(H,88,89)/t72?,73?,74-,75-,76-/m1/s1. The molecule has 99 heavy (non-hydrogen) atoms. The van der Waals surface area contributed by atoms with Gasteiger partial charge in [-0.15, -0.1) is 0 Å². The quantitative estimate of drug-likeness (QED) is 0.0222. The second kappa shape index (κ2) is 70.4. The molecule has 0 aromatic carbocycles. The van der Waals surface area contributed by atoms with E-state index in [1.165, 1.54) is 218 Å². The van der Waals surface area contributed by atoms with Crippen LogP contribution in [0.5, 0.6) is 0 Å². The predicted molar refractivity (Wildman–Crippen MR) is 405 cm³/mol. The van der Waals surface area contributed by atoms with Crippen molar-refractivity contribution in [1.82, 2.24) is 0 Å². The Balaban J connectivity index is 5.20. The summed E-state index contributed by atoms with van der Waals surface area (Å²) in [4.78, 5) is 72.9. The lowest BCUT2D eigenvalue weighted by atomic mass is 10.00. The molecule has 4 unspecified atom stereocenters. The number of unbranched alkanes of at least 4 members (excludes halogenated alkanes) is 44. The number of esters is 4. The third kappa shape index (κ3) is 71.5. The number of carbonyl (C=O) groups is 4. The van der Waals surface area contributed by atoms with Gasteiger partial charge in [0.25, 0.3) is 0 Å². The first-order chi connectivity index (χ1) is 47.8. The van der Waals surface area contributed by atoms with E-state index in [0.717, 1.165) is 114 Å². The minimum absolute atomic E-state index is 0.102. The molecule has 0 rings (SSSR count). The molecule has 0 spiro atoms. The van der Waals surface area contributed by atoms with Crippen molar-refractivity contribution in [3.05, 3.63) is 0 Å². The molecule has 0 aromatic heterocycles. The van der Waals surface area contributed by atoms with Crippen molar-refractivity contribution >= 4 is 39.5 Å². The fourth-order valence-electron chi connectivity index (χ4n) is 12.2. The minimum Gasteiger partial charge on any atom is -0.462 e. The summed E-state index contributed by atoms with van der Waals surface area (Å²) < 4.78 is 68.6. The molecular weight excluding hydrogens is 1290 g/mol. The second-order valence-corrected chi connectivity index (χ2v) is 32.7. The topological polar surface area (TPSA) is 237 Å². The molecule has 0 radical (unpaired) electrons. The second-order valence-electron chi connectivity index (χ2n) is 29.8. The molecule has 0 saturated carbocycles. The fourth-order valence-corrected chi connectivity index (χ4v) is 13.8. The van der Waals surface area contributed by atoms with Crippen LogP contribution in [-0.4, -0.2) is 96.7 Å². The number of ether oxygens (including phenoxy) is 4. The Morgan fingerprint density at radius 2 is 0.515 bits per heavy atom. The monoisotopic (exact) mass is 1450 g/mol. The molecule has 17 nitrogen and oxygen atoms in total. The van der Waals surface area contributed by atoms with Crippen molar-refractivity contribution in [3.63, 3.8) is 0 Å². The van der Waals surface area contributed by atoms with E-state index < -0.39 is 97.5 Å². The largest absolute Gasteiger partial charge is 0.472 e. The van der Waals surface area contributed by atoms with Gasteiger partial charge in [-0.2, -0.15) is 0 Å². The maximum atomic E-state index is 13.1. The number of carbonyl (C=O) groups excluding carboxylic acids is 4. The maximum absolute atomic E-state index is 13.1. The summed E-state index contributed by atoms with van der Waals surface area (Å²) in [6, 6.07) is 0. The van der Waals surface area contributed by atoms with Gasteiger partial charge in [0.1, 0.15) is 19.3 Å². The smallest absolute Gasteiger partial charge is 0.462 e. The van der Waals surface area contributed by atoms with Crippen LogP contribution in [0.4, 0.5) is 0 Å². The summed E-state index contributed by atoms with van der Waals surface area (Å²) in [6.07, 6.45) is 58.6. The normalized spacial score (nSPS) is 14.5. The number of aliphatic hydroxyl groups excluding tert-OH is 1. The summed E-state index contributed by atoms with van der Waals surface area (Å²) in [6.45, 7) is 11.9. The highest BCUT2D eigenvalue weighted by Crippen LogP contribution is 2.45. The highest BCUT2D eigenvalue weighted by molar-refractivity contribution is 7.47. The van der Waals surface area contributed by atoms with Gasteiger partial charge in [-0.1, -0.05) is 363 Å². The van der Waals surface area contributed by atoms with Gasteiger partial charge in [-0.3, -0.25) is 37.3 Å². The summed E-state index contributed by atoms with van der Waals surface area (Å²) in [5.74, 6) is 0.139. The van der Waals surface area contributed by atoms with Crippen molar-refractivity contribution in [2.24, 2.45) is 17.8 Å². The van der Waals surface area contributed by atoms with Gasteiger partial charge in [-0.05, 0) is 43.4 Å². The van der Waals surface area contributed by atoms with Crippen LogP contribution >= 0.6 is 15.6 Å². The number of hydrogen-bond acceptors (Lipinski definition) is 15. The Hall–Kier alpha value is -1.94. The van der Waals surface area contributed by atoms with E-state index >= 15 is 0 Å². The molecule has 0 aliphatic heterocycles. The Labute approximate surface area is 607 Å². The SMILES string of the molecule is CCCCCCCCCCCCCCCCCCCCCCCC(=O)O[C@H](COC(=O)CCCCCCCCCCCCCCCCCC(C)C)COP(=O)(O)OC[C@@H](O)COP(=O)(O)OC[C@@H](COC(=O)CCCCCCCCC(C)CC)OC(=O)CCCCCCCCC(C)CC. The van der Waals surface area contributed by atoms with Gasteiger partial charge in [-0.25, -0.2) is 9.13 Å². The molecule has 0 bridgehead atoms. The van der Waals surface area contributed by atoms with Crippen LogP contribution in [0.1, 0.15) is 414 Å². The first kappa shape index (κ1) is 97.1. The van der Waals surface area contributed by atoms with Crippen molar-refractivity contribution in [2.75, 3.05) is 39.6 Å². The molecular formula is C80H156O17P2. The van der Waals surface area contributed by atoms with E-state index in [1.54, 1.807) is 0 Å². The van der Waals surface area contributed by atoms with Gasteiger partial charge in [0.05, 0.1) is 26.4 Å². The molecule has 0 saturated heterocycles. The Morgan fingerprint density at radius 3 is 0.768 bits per heavy atom. The molecule has 0 fully saturated rings. The number of rotatable bonds is 78. The van der Waals surface area contributed by atoms with Gasteiger partial charge in [0.15, 0.2) is 12.2 Å². The van der Waals surface area contributed by atoms with E-state index in [0.29, 0.717) is 25.7 Å². The van der Waals surface area contributed by atoms with Crippen LogP contribution in [-0.2, 0) is 65.4 Å².